The predicted octanol–water partition coefficient (Wildman–Crippen LogP) is 2.22. The molecule has 0 aromatic carbocycles. The van der Waals surface area contributed by atoms with Crippen LogP contribution < -0.4 is 0 Å². The first-order chi connectivity index (χ1) is 6.36. The molecule has 0 saturated carbocycles. The molecule has 0 atom stereocenters. The Kier molecular flexibility index (Phi) is 3.57. The van der Waals surface area contributed by atoms with Gasteiger partial charge in [-0.25, -0.2) is 13.2 Å². The smallest absolute Gasteiger partial charge is 0.339 e. The summed E-state index contributed by atoms with van der Waals surface area (Å²) >= 11 is 3.91. The number of thiophene rings is 1. The first-order valence-electron chi connectivity index (χ1n) is 3.18. The zero-order valence-electron chi connectivity index (χ0n) is 6.78. The van der Waals surface area contributed by atoms with Crippen LogP contribution in [-0.4, -0.2) is 21.5 Å². The highest BCUT2D eigenvalue weighted by molar-refractivity contribution is 9.11. The molecule has 0 N–H and O–H groups in total. The minimum Gasteiger partial charge on any atom is -0.465 e. The van der Waals surface area contributed by atoms with Crippen LogP contribution in [0.1, 0.15) is 10.4 Å². The SMILES string of the molecule is COC(=O)c1cc(S(=O)(=O)Cl)sc1Br. The normalized spacial score (nSPS) is 11.4. The Labute approximate surface area is 97.4 Å². The summed E-state index contributed by atoms with van der Waals surface area (Å²) in [5.41, 5.74) is 0.150. The average Bonchev–Trinajstić information content (AvgIpc) is 2.45. The van der Waals surface area contributed by atoms with Gasteiger partial charge in [-0.15, -0.1) is 11.3 Å². The molecule has 0 aliphatic heterocycles. The fourth-order valence-electron chi connectivity index (χ4n) is 0.717. The largest absolute Gasteiger partial charge is 0.465 e. The van der Waals surface area contributed by atoms with Crippen molar-refractivity contribution < 1.29 is 17.9 Å². The molecular weight excluding hydrogens is 316 g/mol. The third-order valence-electron chi connectivity index (χ3n) is 1.31. The van der Waals surface area contributed by atoms with Gasteiger partial charge < -0.3 is 4.74 Å². The number of carbonyl (C=O) groups excluding carboxylic acids is 1. The number of carbonyl (C=O) groups is 1. The maximum Gasteiger partial charge on any atom is 0.339 e. The van der Waals surface area contributed by atoms with Crippen molar-refractivity contribution >= 4 is 53.0 Å². The Hall–Kier alpha value is -0.110. The van der Waals surface area contributed by atoms with Crippen LogP contribution in [0.3, 0.4) is 0 Å². The second kappa shape index (κ2) is 4.18. The monoisotopic (exact) mass is 318 g/mol. The Balaban J connectivity index is 3.25. The van der Waals surface area contributed by atoms with Gasteiger partial charge in [-0.05, 0) is 22.0 Å². The van der Waals surface area contributed by atoms with Crippen LogP contribution in [0.25, 0.3) is 0 Å². The van der Waals surface area contributed by atoms with E-state index in [9.17, 15) is 13.2 Å². The number of methoxy groups -OCH3 is 1. The summed E-state index contributed by atoms with van der Waals surface area (Å²) in [6, 6.07) is 1.17. The van der Waals surface area contributed by atoms with Crippen molar-refractivity contribution in [1.29, 1.82) is 0 Å². The van der Waals surface area contributed by atoms with E-state index in [0.717, 1.165) is 11.3 Å². The van der Waals surface area contributed by atoms with Crippen molar-refractivity contribution in [2.45, 2.75) is 4.21 Å². The molecule has 4 nitrogen and oxygen atoms in total. The Morgan fingerprint density at radius 2 is 2.21 bits per heavy atom. The van der Waals surface area contributed by atoms with Gasteiger partial charge in [0.2, 0.25) is 0 Å². The Morgan fingerprint density at radius 3 is 2.57 bits per heavy atom. The quantitative estimate of drug-likeness (QED) is 0.619. The average molecular weight is 320 g/mol. The highest BCUT2D eigenvalue weighted by Gasteiger charge is 2.20. The van der Waals surface area contributed by atoms with E-state index in [4.69, 9.17) is 10.7 Å². The molecule has 1 rings (SSSR count). The van der Waals surface area contributed by atoms with E-state index >= 15 is 0 Å². The summed E-state index contributed by atoms with van der Waals surface area (Å²) in [4.78, 5) is 11.1. The minimum absolute atomic E-state index is 0.0913. The molecule has 0 saturated heterocycles. The summed E-state index contributed by atoms with van der Waals surface area (Å²) < 4.78 is 26.6. The molecule has 1 aromatic heterocycles. The molecule has 0 bridgehead atoms. The van der Waals surface area contributed by atoms with Crippen molar-refractivity contribution in [3.05, 3.63) is 15.4 Å². The standard InChI is InChI=1S/C6H4BrClO4S2/c1-12-6(9)3-2-4(13-5(3)7)14(8,10)11/h2H,1H3. The van der Waals surface area contributed by atoms with Crippen LogP contribution in [0.5, 0.6) is 0 Å². The molecule has 0 aliphatic carbocycles. The number of ether oxygens (including phenoxy) is 1. The van der Waals surface area contributed by atoms with Gasteiger partial charge in [0.1, 0.15) is 4.21 Å². The van der Waals surface area contributed by atoms with E-state index in [-0.39, 0.29) is 9.77 Å². The first kappa shape index (κ1) is 12.0. The van der Waals surface area contributed by atoms with Gasteiger partial charge in [0.25, 0.3) is 9.05 Å². The third kappa shape index (κ3) is 2.47. The molecule has 0 aliphatic rings. The topological polar surface area (TPSA) is 60.4 Å². The van der Waals surface area contributed by atoms with Crippen molar-refractivity contribution in [1.82, 2.24) is 0 Å². The predicted molar refractivity (Wildman–Crippen MR) is 56.4 cm³/mol. The molecule has 0 radical (unpaired) electrons. The molecule has 78 valence electrons. The van der Waals surface area contributed by atoms with E-state index in [1.165, 1.54) is 13.2 Å². The van der Waals surface area contributed by atoms with Crippen LogP contribution >= 0.6 is 37.9 Å². The van der Waals surface area contributed by atoms with Crippen LogP contribution in [0.2, 0.25) is 0 Å². The number of esters is 1. The lowest BCUT2D eigenvalue weighted by Crippen LogP contribution is -1.99. The second-order valence-corrected chi connectivity index (χ2v) is 7.35. The van der Waals surface area contributed by atoms with Crippen molar-refractivity contribution in [3.63, 3.8) is 0 Å². The summed E-state index contributed by atoms with van der Waals surface area (Å²) in [5, 5.41) is 0. The molecule has 0 fully saturated rings. The zero-order valence-corrected chi connectivity index (χ0v) is 10.8. The fourth-order valence-corrected chi connectivity index (χ4v) is 3.77. The highest BCUT2D eigenvalue weighted by Crippen LogP contribution is 2.33. The van der Waals surface area contributed by atoms with Crippen LogP contribution in [-0.2, 0) is 13.8 Å². The molecule has 0 spiro atoms. The molecule has 8 heteroatoms. The van der Waals surface area contributed by atoms with Crippen molar-refractivity contribution in [3.8, 4) is 0 Å². The number of hydrogen-bond donors (Lipinski definition) is 0. The highest BCUT2D eigenvalue weighted by atomic mass is 79.9. The Morgan fingerprint density at radius 1 is 1.64 bits per heavy atom. The lowest BCUT2D eigenvalue weighted by atomic mass is 10.3. The summed E-state index contributed by atoms with van der Waals surface area (Å²) in [5.74, 6) is -0.611. The van der Waals surface area contributed by atoms with E-state index < -0.39 is 15.0 Å². The summed E-state index contributed by atoms with van der Waals surface area (Å²) in [7, 11) is 2.52. The fraction of sp³-hybridized carbons (Fsp3) is 0.167. The van der Waals surface area contributed by atoms with Crippen molar-refractivity contribution in [2.24, 2.45) is 0 Å². The van der Waals surface area contributed by atoms with Crippen LogP contribution in [0, 0.1) is 0 Å². The molecule has 0 amide bonds. The molecular formula is C6H4BrClO4S2. The molecule has 0 unspecified atom stereocenters. The van der Waals surface area contributed by atoms with Gasteiger partial charge in [0.15, 0.2) is 0 Å². The second-order valence-electron chi connectivity index (χ2n) is 2.18. The lowest BCUT2D eigenvalue weighted by Gasteiger charge is -1.93. The number of rotatable bonds is 2. The van der Waals surface area contributed by atoms with Gasteiger partial charge in [0, 0.05) is 10.7 Å². The minimum atomic E-state index is -3.79. The van der Waals surface area contributed by atoms with Gasteiger partial charge in [-0.3, -0.25) is 0 Å². The zero-order chi connectivity index (χ0) is 10.9. The van der Waals surface area contributed by atoms with Crippen LogP contribution in [0.15, 0.2) is 14.1 Å². The van der Waals surface area contributed by atoms with E-state index in [2.05, 4.69) is 20.7 Å². The van der Waals surface area contributed by atoms with E-state index in [0.29, 0.717) is 3.79 Å². The maximum absolute atomic E-state index is 11.1. The Bertz CT molecular complexity index is 464. The van der Waals surface area contributed by atoms with Gasteiger partial charge in [-0.2, -0.15) is 0 Å². The first-order valence-corrected chi connectivity index (χ1v) is 7.10. The van der Waals surface area contributed by atoms with E-state index in [1.807, 2.05) is 0 Å². The summed E-state index contributed by atoms with van der Waals surface area (Å²) in [6.07, 6.45) is 0. The number of halogens is 2. The van der Waals surface area contributed by atoms with E-state index in [1.54, 1.807) is 0 Å². The van der Waals surface area contributed by atoms with Crippen LogP contribution in [0.4, 0.5) is 0 Å². The van der Waals surface area contributed by atoms with Gasteiger partial charge in [-0.1, -0.05) is 0 Å². The van der Waals surface area contributed by atoms with Gasteiger partial charge >= 0.3 is 5.97 Å². The number of hydrogen-bond acceptors (Lipinski definition) is 5. The maximum atomic E-state index is 11.1. The lowest BCUT2D eigenvalue weighted by molar-refractivity contribution is 0.0600. The molecule has 14 heavy (non-hydrogen) atoms. The molecule has 1 heterocycles. The summed E-state index contributed by atoms with van der Waals surface area (Å²) in [6.45, 7) is 0. The third-order valence-corrected chi connectivity index (χ3v) is 5.22. The van der Waals surface area contributed by atoms with Gasteiger partial charge in [0.05, 0.1) is 16.5 Å². The molecule has 1 aromatic rings. The van der Waals surface area contributed by atoms with Crippen molar-refractivity contribution in [2.75, 3.05) is 7.11 Å².